The second kappa shape index (κ2) is 6.81. The van der Waals surface area contributed by atoms with E-state index in [0.717, 1.165) is 31.0 Å². The Labute approximate surface area is 137 Å². The van der Waals surface area contributed by atoms with Gasteiger partial charge in [-0.2, -0.15) is 15.0 Å². The van der Waals surface area contributed by atoms with E-state index in [1.165, 1.54) is 32.1 Å². The van der Waals surface area contributed by atoms with Gasteiger partial charge in [0.05, 0.1) is 29.8 Å². The Hall–Kier alpha value is -1.72. The number of hydrogen-bond acceptors (Lipinski definition) is 4. The van der Waals surface area contributed by atoms with Gasteiger partial charge in [0.15, 0.2) is 0 Å². The lowest BCUT2D eigenvalue weighted by Gasteiger charge is -2.36. The summed E-state index contributed by atoms with van der Waals surface area (Å²) in [6.07, 6.45) is 9.06. The first-order valence-corrected chi connectivity index (χ1v) is 8.71. The van der Waals surface area contributed by atoms with Crippen molar-refractivity contribution in [1.82, 2.24) is 19.9 Å². The van der Waals surface area contributed by atoms with Crippen molar-refractivity contribution >= 4 is 0 Å². The molecule has 0 N–H and O–H groups in total. The maximum absolute atomic E-state index is 6.19. The first-order valence-electron chi connectivity index (χ1n) is 8.71. The van der Waals surface area contributed by atoms with Crippen LogP contribution in [0.25, 0.3) is 5.69 Å². The van der Waals surface area contributed by atoms with Crippen molar-refractivity contribution in [2.24, 2.45) is 0 Å². The summed E-state index contributed by atoms with van der Waals surface area (Å²) in [5.41, 5.74) is 2.03. The second-order valence-electron chi connectivity index (χ2n) is 6.65. The quantitative estimate of drug-likeness (QED) is 0.851. The van der Waals surface area contributed by atoms with Gasteiger partial charge in [-0.05, 0) is 50.8 Å². The molecule has 0 radical (unpaired) electrons. The third-order valence-electron chi connectivity index (χ3n) is 4.81. The summed E-state index contributed by atoms with van der Waals surface area (Å²) >= 11 is 0. The minimum absolute atomic E-state index is 0.401. The van der Waals surface area contributed by atoms with Crippen molar-refractivity contribution in [3.63, 3.8) is 0 Å². The van der Waals surface area contributed by atoms with Crippen LogP contribution >= 0.6 is 0 Å². The molecule has 1 aliphatic heterocycles. The molecule has 2 heterocycles. The third kappa shape index (κ3) is 3.62. The molecular formula is C18H24N4O. The summed E-state index contributed by atoms with van der Waals surface area (Å²) in [5, 5.41) is 9.00. The van der Waals surface area contributed by atoms with Gasteiger partial charge in [-0.3, -0.25) is 4.90 Å². The topological polar surface area (TPSA) is 43.2 Å². The molecule has 2 aliphatic rings. The lowest BCUT2D eigenvalue weighted by Crippen LogP contribution is -2.42. The summed E-state index contributed by atoms with van der Waals surface area (Å²) in [6, 6.07) is 10.1. The zero-order valence-electron chi connectivity index (χ0n) is 13.5. The number of rotatable bonds is 5. The predicted molar refractivity (Wildman–Crippen MR) is 88.4 cm³/mol. The molecule has 2 aromatic rings. The highest BCUT2D eigenvalue weighted by molar-refractivity contribution is 5.28. The summed E-state index contributed by atoms with van der Waals surface area (Å²) in [7, 11) is 0. The van der Waals surface area contributed by atoms with Gasteiger partial charge in [0.1, 0.15) is 0 Å². The molecule has 1 aromatic carbocycles. The third-order valence-corrected chi connectivity index (χ3v) is 4.81. The Morgan fingerprint density at radius 1 is 1.04 bits per heavy atom. The van der Waals surface area contributed by atoms with Gasteiger partial charge in [-0.15, -0.1) is 0 Å². The average molecular weight is 312 g/mol. The lowest BCUT2D eigenvalue weighted by atomic mass is 9.95. The highest BCUT2D eigenvalue weighted by atomic mass is 16.5. The van der Waals surface area contributed by atoms with Gasteiger partial charge in [-0.25, -0.2) is 0 Å². The molecule has 4 rings (SSSR count). The predicted octanol–water partition coefficient (Wildman–Crippen LogP) is 2.80. The van der Waals surface area contributed by atoms with Gasteiger partial charge in [0.25, 0.3) is 0 Å². The molecule has 2 fully saturated rings. The molecule has 5 nitrogen and oxygen atoms in total. The molecule has 1 atom stereocenters. The van der Waals surface area contributed by atoms with E-state index in [-0.39, 0.29) is 0 Å². The van der Waals surface area contributed by atoms with Crippen LogP contribution in [0.4, 0.5) is 0 Å². The smallest absolute Gasteiger partial charge is 0.0971 e. The maximum atomic E-state index is 6.19. The fourth-order valence-corrected chi connectivity index (χ4v) is 3.33. The van der Waals surface area contributed by atoms with Crippen LogP contribution in [0.15, 0.2) is 36.5 Å². The normalized spacial score (nSPS) is 22.9. The molecule has 122 valence electrons. The molecule has 1 saturated heterocycles. The zero-order chi connectivity index (χ0) is 15.5. The second-order valence-corrected chi connectivity index (χ2v) is 6.65. The molecule has 1 aliphatic carbocycles. The molecule has 23 heavy (non-hydrogen) atoms. The molecule has 1 aromatic heterocycles. The number of likely N-dealkylation sites (tertiary alicyclic amines) is 1. The van der Waals surface area contributed by atoms with Crippen molar-refractivity contribution < 1.29 is 4.74 Å². The first-order chi connectivity index (χ1) is 11.4. The number of hydrogen-bond donors (Lipinski definition) is 0. The van der Waals surface area contributed by atoms with Crippen LogP contribution in [0, 0.1) is 0 Å². The van der Waals surface area contributed by atoms with Crippen LogP contribution in [-0.2, 0) is 11.3 Å². The van der Waals surface area contributed by atoms with E-state index >= 15 is 0 Å². The number of nitrogens with zero attached hydrogens (tertiary/aromatic N) is 4. The Morgan fingerprint density at radius 3 is 2.65 bits per heavy atom. The zero-order valence-corrected chi connectivity index (χ0v) is 13.5. The monoisotopic (exact) mass is 312 g/mol. The summed E-state index contributed by atoms with van der Waals surface area (Å²) < 4.78 is 6.19. The van der Waals surface area contributed by atoms with Crippen molar-refractivity contribution in [3.8, 4) is 5.69 Å². The van der Waals surface area contributed by atoms with Crippen LogP contribution in [-0.4, -0.2) is 45.2 Å². The van der Waals surface area contributed by atoms with E-state index in [0.29, 0.717) is 12.2 Å². The van der Waals surface area contributed by atoms with Gasteiger partial charge < -0.3 is 4.74 Å². The van der Waals surface area contributed by atoms with E-state index < -0.39 is 0 Å². The summed E-state index contributed by atoms with van der Waals surface area (Å²) in [5.74, 6) is 0. The number of benzene rings is 1. The van der Waals surface area contributed by atoms with Crippen molar-refractivity contribution in [2.75, 3.05) is 13.1 Å². The SMILES string of the molecule is c1ccc(-n2ncc(CN3CCCC(OC4CCC4)C3)n2)cc1. The number of aromatic nitrogens is 3. The minimum Gasteiger partial charge on any atom is -0.374 e. The Balaban J connectivity index is 1.35. The van der Waals surface area contributed by atoms with Gasteiger partial charge in [0.2, 0.25) is 0 Å². The molecule has 5 heteroatoms. The lowest BCUT2D eigenvalue weighted by molar-refractivity contribution is -0.0788. The van der Waals surface area contributed by atoms with Crippen molar-refractivity contribution in [2.45, 2.75) is 50.9 Å². The van der Waals surface area contributed by atoms with Crippen molar-refractivity contribution in [3.05, 3.63) is 42.2 Å². The van der Waals surface area contributed by atoms with Gasteiger partial charge in [0, 0.05) is 13.1 Å². The molecule has 1 unspecified atom stereocenters. The molecule has 1 saturated carbocycles. The number of piperidine rings is 1. The van der Waals surface area contributed by atoms with E-state index in [2.05, 4.69) is 15.1 Å². The Kier molecular flexibility index (Phi) is 4.39. The van der Waals surface area contributed by atoms with E-state index in [9.17, 15) is 0 Å². The molecule has 0 amide bonds. The van der Waals surface area contributed by atoms with Crippen LogP contribution < -0.4 is 0 Å². The molecular weight excluding hydrogens is 288 g/mol. The molecule has 0 bridgehead atoms. The minimum atomic E-state index is 0.401. The van der Waals surface area contributed by atoms with Crippen molar-refractivity contribution in [1.29, 1.82) is 0 Å². The van der Waals surface area contributed by atoms with E-state index in [4.69, 9.17) is 4.74 Å². The van der Waals surface area contributed by atoms with Crippen LogP contribution in [0.2, 0.25) is 0 Å². The number of ether oxygens (including phenoxy) is 1. The molecule has 0 spiro atoms. The van der Waals surface area contributed by atoms with Gasteiger partial charge in [-0.1, -0.05) is 18.2 Å². The highest BCUT2D eigenvalue weighted by Gasteiger charge is 2.26. The van der Waals surface area contributed by atoms with Crippen LogP contribution in [0.3, 0.4) is 0 Å². The first kappa shape index (κ1) is 14.8. The standard InChI is InChI=1S/C18H24N4O/c1-2-6-16(7-3-1)22-19-12-15(20-22)13-21-11-5-10-18(14-21)23-17-8-4-9-17/h1-3,6-7,12,17-18H,4-5,8-11,13-14H2. The fourth-order valence-electron chi connectivity index (χ4n) is 3.33. The summed E-state index contributed by atoms with van der Waals surface area (Å²) in [6.45, 7) is 3.01. The Bertz CT molecular complexity index is 623. The largest absolute Gasteiger partial charge is 0.374 e. The number of para-hydroxylation sites is 1. The van der Waals surface area contributed by atoms with Crippen LogP contribution in [0.1, 0.15) is 37.8 Å². The van der Waals surface area contributed by atoms with Gasteiger partial charge >= 0.3 is 0 Å². The summed E-state index contributed by atoms with van der Waals surface area (Å²) in [4.78, 5) is 4.16. The fraction of sp³-hybridized carbons (Fsp3) is 0.556. The Morgan fingerprint density at radius 2 is 1.87 bits per heavy atom. The van der Waals surface area contributed by atoms with Crippen LogP contribution in [0.5, 0.6) is 0 Å². The van der Waals surface area contributed by atoms with E-state index in [1.54, 1.807) is 4.80 Å². The van der Waals surface area contributed by atoms with E-state index in [1.807, 2.05) is 36.5 Å². The maximum Gasteiger partial charge on any atom is 0.0971 e. The average Bonchev–Trinajstić information content (AvgIpc) is 3.01. The highest BCUT2D eigenvalue weighted by Crippen LogP contribution is 2.26.